The summed E-state index contributed by atoms with van der Waals surface area (Å²) in [5.41, 5.74) is 1.03. The molecule has 0 saturated carbocycles. The number of ether oxygens (including phenoxy) is 2. The zero-order chi connectivity index (χ0) is 17.1. The van der Waals surface area contributed by atoms with E-state index in [1.54, 1.807) is 12.4 Å². The molecule has 2 fully saturated rings. The Labute approximate surface area is 148 Å². The van der Waals surface area contributed by atoms with Crippen LogP contribution in [-0.4, -0.2) is 47.4 Å². The summed E-state index contributed by atoms with van der Waals surface area (Å²) in [6, 6.07) is 5.88. The van der Waals surface area contributed by atoms with Gasteiger partial charge in [0.2, 0.25) is 0 Å². The maximum atomic E-state index is 6.12. The van der Waals surface area contributed by atoms with Crippen LogP contribution in [0.3, 0.4) is 0 Å². The molecule has 25 heavy (non-hydrogen) atoms. The van der Waals surface area contributed by atoms with Crippen molar-refractivity contribution in [2.45, 2.75) is 38.8 Å². The Hall–Kier alpha value is -1.92. The van der Waals surface area contributed by atoms with E-state index in [4.69, 9.17) is 14.0 Å². The number of rotatable bonds is 5. The molecule has 4 heterocycles. The fraction of sp³-hybridized carbons (Fsp3) is 0.579. The number of likely N-dealkylation sites (tertiary alicyclic amines) is 1. The highest BCUT2D eigenvalue weighted by Gasteiger charge is 2.46. The number of hydrogen-bond acceptors (Lipinski definition) is 6. The largest absolute Gasteiger partial charge is 0.491 e. The van der Waals surface area contributed by atoms with Gasteiger partial charge in [0.05, 0.1) is 24.6 Å². The van der Waals surface area contributed by atoms with Crippen molar-refractivity contribution in [3.63, 3.8) is 0 Å². The second-order valence-corrected chi connectivity index (χ2v) is 7.23. The molecule has 0 aliphatic carbocycles. The van der Waals surface area contributed by atoms with Crippen LogP contribution < -0.4 is 4.74 Å². The molecule has 0 amide bonds. The number of pyridine rings is 1. The van der Waals surface area contributed by atoms with Crippen LogP contribution in [0.1, 0.15) is 30.7 Å². The Morgan fingerprint density at radius 2 is 2.40 bits per heavy atom. The van der Waals surface area contributed by atoms with Crippen LogP contribution in [0.15, 0.2) is 35.1 Å². The molecule has 6 nitrogen and oxygen atoms in total. The SMILES string of the molecule is Cc1cc(CN2CCC3OCCCC3(COc3cccnc3)C2)no1. The number of hydrogen-bond donors (Lipinski definition) is 0. The van der Waals surface area contributed by atoms with Crippen LogP contribution in [0.2, 0.25) is 0 Å². The summed E-state index contributed by atoms with van der Waals surface area (Å²) in [7, 11) is 0. The first-order chi connectivity index (χ1) is 12.2. The third kappa shape index (κ3) is 3.70. The van der Waals surface area contributed by atoms with E-state index in [-0.39, 0.29) is 11.5 Å². The van der Waals surface area contributed by atoms with Crippen LogP contribution in [0.25, 0.3) is 0 Å². The lowest BCUT2D eigenvalue weighted by Crippen LogP contribution is -2.57. The van der Waals surface area contributed by atoms with Gasteiger partial charge in [-0.05, 0) is 38.3 Å². The third-order valence-electron chi connectivity index (χ3n) is 5.29. The van der Waals surface area contributed by atoms with E-state index in [9.17, 15) is 0 Å². The van der Waals surface area contributed by atoms with Gasteiger partial charge < -0.3 is 14.0 Å². The highest BCUT2D eigenvalue weighted by Crippen LogP contribution is 2.41. The second-order valence-electron chi connectivity index (χ2n) is 7.23. The topological polar surface area (TPSA) is 60.6 Å². The zero-order valence-corrected chi connectivity index (χ0v) is 14.7. The Balaban J connectivity index is 1.46. The highest BCUT2D eigenvalue weighted by atomic mass is 16.5. The zero-order valence-electron chi connectivity index (χ0n) is 14.7. The van der Waals surface area contributed by atoms with Gasteiger partial charge in [0.15, 0.2) is 0 Å². The molecule has 2 aromatic heterocycles. The molecule has 2 unspecified atom stereocenters. The molecule has 4 rings (SSSR count). The van der Waals surface area contributed by atoms with E-state index in [0.717, 1.165) is 62.7 Å². The maximum Gasteiger partial charge on any atom is 0.137 e. The van der Waals surface area contributed by atoms with Crippen molar-refractivity contribution in [1.82, 2.24) is 15.0 Å². The molecule has 2 aliphatic rings. The number of aryl methyl sites for hydroxylation is 1. The van der Waals surface area contributed by atoms with Gasteiger partial charge in [-0.15, -0.1) is 0 Å². The molecule has 134 valence electrons. The van der Waals surface area contributed by atoms with Crippen LogP contribution in [0, 0.1) is 12.3 Å². The van der Waals surface area contributed by atoms with Crippen LogP contribution in [0.5, 0.6) is 5.75 Å². The summed E-state index contributed by atoms with van der Waals surface area (Å²) in [6.07, 6.45) is 7.06. The summed E-state index contributed by atoms with van der Waals surface area (Å²) in [5, 5.41) is 4.14. The molecular weight excluding hydrogens is 318 g/mol. The van der Waals surface area contributed by atoms with Crippen LogP contribution in [-0.2, 0) is 11.3 Å². The number of fused-ring (bicyclic) bond motifs is 1. The molecule has 2 atom stereocenters. The maximum absolute atomic E-state index is 6.12. The van der Waals surface area contributed by atoms with Gasteiger partial charge in [-0.25, -0.2) is 0 Å². The lowest BCUT2D eigenvalue weighted by atomic mass is 9.73. The summed E-state index contributed by atoms with van der Waals surface area (Å²) >= 11 is 0. The Morgan fingerprint density at radius 1 is 1.44 bits per heavy atom. The normalized spacial score (nSPS) is 27.0. The summed E-state index contributed by atoms with van der Waals surface area (Å²) in [5.74, 6) is 1.69. The monoisotopic (exact) mass is 343 g/mol. The van der Waals surface area contributed by atoms with Crippen molar-refractivity contribution in [2.24, 2.45) is 5.41 Å². The van der Waals surface area contributed by atoms with Crippen molar-refractivity contribution in [3.05, 3.63) is 42.0 Å². The van der Waals surface area contributed by atoms with Crippen molar-refractivity contribution in [3.8, 4) is 5.75 Å². The van der Waals surface area contributed by atoms with E-state index in [2.05, 4.69) is 15.0 Å². The van der Waals surface area contributed by atoms with Crippen LogP contribution >= 0.6 is 0 Å². The predicted octanol–water partition coefficient (Wildman–Crippen LogP) is 2.83. The Morgan fingerprint density at radius 3 is 3.20 bits per heavy atom. The minimum Gasteiger partial charge on any atom is -0.491 e. The molecule has 2 saturated heterocycles. The van der Waals surface area contributed by atoms with Gasteiger partial charge in [0.25, 0.3) is 0 Å². The first-order valence-electron chi connectivity index (χ1n) is 9.03. The minimum absolute atomic E-state index is 0.0329. The molecule has 6 heteroatoms. The molecule has 2 aromatic rings. The third-order valence-corrected chi connectivity index (χ3v) is 5.29. The smallest absolute Gasteiger partial charge is 0.137 e. The van der Waals surface area contributed by atoms with Gasteiger partial charge in [-0.2, -0.15) is 0 Å². The summed E-state index contributed by atoms with van der Waals surface area (Å²) in [4.78, 5) is 6.59. The van der Waals surface area contributed by atoms with Gasteiger partial charge in [-0.3, -0.25) is 9.88 Å². The van der Waals surface area contributed by atoms with Crippen molar-refractivity contribution in [1.29, 1.82) is 0 Å². The minimum atomic E-state index is 0.0329. The Bertz CT molecular complexity index is 690. The second kappa shape index (κ2) is 7.14. The lowest BCUT2D eigenvalue weighted by Gasteiger charge is -2.50. The number of piperidine rings is 1. The number of nitrogens with zero attached hydrogens (tertiary/aromatic N) is 3. The van der Waals surface area contributed by atoms with Gasteiger partial charge in [0, 0.05) is 43.9 Å². The molecule has 0 aromatic carbocycles. The average Bonchev–Trinajstić information content (AvgIpc) is 3.05. The van der Waals surface area contributed by atoms with Gasteiger partial charge in [-0.1, -0.05) is 5.16 Å². The van der Waals surface area contributed by atoms with E-state index < -0.39 is 0 Å². The Kier molecular flexibility index (Phi) is 4.72. The van der Waals surface area contributed by atoms with Gasteiger partial charge >= 0.3 is 0 Å². The standard InChI is InChI=1S/C19H25N3O3/c1-15-10-16(21-25-15)12-22-8-5-18-19(13-22,6-3-9-23-18)14-24-17-4-2-7-20-11-17/h2,4,7,10-11,18H,3,5-6,8-9,12-14H2,1H3. The van der Waals surface area contributed by atoms with Crippen molar-refractivity contribution in [2.75, 3.05) is 26.3 Å². The quantitative estimate of drug-likeness (QED) is 0.832. The lowest BCUT2D eigenvalue weighted by molar-refractivity contribution is -0.141. The van der Waals surface area contributed by atoms with Crippen molar-refractivity contribution < 1.29 is 14.0 Å². The van der Waals surface area contributed by atoms with E-state index >= 15 is 0 Å². The molecule has 0 bridgehead atoms. The van der Waals surface area contributed by atoms with Gasteiger partial charge in [0.1, 0.15) is 11.5 Å². The number of aromatic nitrogens is 2. The molecule has 0 N–H and O–H groups in total. The van der Waals surface area contributed by atoms with Crippen molar-refractivity contribution >= 4 is 0 Å². The first-order valence-corrected chi connectivity index (χ1v) is 9.03. The molecule has 2 aliphatic heterocycles. The molecule has 0 radical (unpaired) electrons. The predicted molar refractivity (Wildman–Crippen MR) is 92.3 cm³/mol. The first kappa shape index (κ1) is 16.5. The van der Waals surface area contributed by atoms with E-state index in [1.165, 1.54) is 0 Å². The van der Waals surface area contributed by atoms with E-state index in [0.29, 0.717) is 6.61 Å². The summed E-state index contributed by atoms with van der Waals surface area (Å²) < 4.78 is 17.4. The van der Waals surface area contributed by atoms with Crippen LogP contribution in [0.4, 0.5) is 0 Å². The van der Waals surface area contributed by atoms with E-state index in [1.807, 2.05) is 25.1 Å². The fourth-order valence-corrected chi connectivity index (χ4v) is 4.11. The average molecular weight is 343 g/mol. The molecule has 0 spiro atoms. The summed E-state index contributed by atoms with van der Waals surface area (Å²) in [6.45, 7) is 6.26. The molecular formula is C19H25N3O3. The fourth-order valence-electron chi connectivity index (χ4n) is 4.11. The highest BCUT2D eigenvalue weighted by molar-refractivity contribution is 5.16.